The maximum absolute atomic E-state index is 11.4. The number of fused-ring (bicyclic) bond motifs is 1. The summed E-state index contributed by atoms with van der Waals surface area (Å²) in [5.74, 6) is -1.04. The van der Waals surface area contributed by atoms with Gasteiger partial charge in [0.05, 0.1) is 11.1 Å². The van der Waals surface area contributed by atoms with Gasteiger partial charge in [0.15, 0.2) is 0 Å². The summed E-state index contributed by atoms with van der Waals surface area (Å²) >= 11 is 0. The molecular formula is C11H10O3. The van der Waals surface area contributed by atoms with Gasteiger partial charge in [-0.3, -0.25) is 0 Å². The Kier molecular flexibility index (Phi) is 1.71. The van der Waals surface area contributed by atoms with Gasteiger partial charge in [0.1, 0.15) is 0 Å². The molecule has 0 unspecified atom stereocenters. The van der Waals surface area contributed by atoms with Crippen LogP contribution in [-0.2, 0) is 4.74 Å². The highest BCUT2D eigenvalue weighted by atomic mass is 16.6. The number of hydrogen-bond donors (Lipinski definition) is 0. The number of esters is 2. The molecule has 0 atom stereocenters. The van der Waals surface area contributed by atoms with Crippen molar-refractivity contribution in [2.24, 2.45) is 0 Å². The minimum absolute atomic E-state index is 0.429. The molecule has 3 heteroatoms. The molecule has 0 radical (unpaired) electrons. The molecule has 1 aromatic rings. The van der Waals surface area contributed by atoms with E-state index < -0.39 is 11.9 Å². The van der Waals surface area contributed by atoms with E-state index in [1.54, 1.807) is 0 Å². The summed E-state index contributed by atoms with van der Waals surface area (Å²) in [5.41, 5.74) is 3.51. The molecule has 0 N–H and O–H groups in total. The smallest absolute Gasteiger partial charge is 0.347 e. The van der Waals surface area contributed by atoms with Crippen molar-refractivity contribution in [1.29, 1.82) is 0 Å². The van der Waals surface area contributed by atoms with Crippen LogP contribution >= 0.6 is 0 Å². The SMILES string of the molecule is Cc1cc(C)c2c(c1C)C(=O)OC2=O. The second-order valence-electron chi connectivity index (χ2n) is 3.56. The van der Waals surface area contributed by atoms with Gasteiger partial charge >= 0.3 is 11.9 Å². The minimum Gasteiger partial charge on any atom is -0.386 e. The van der Waals surface area contributed by atoms with Crippen molar-refractivity contribution in [1.82, 2.24) is 0 Å². The number of carbonyl (C=O) groups is 2. The van der Waals surface area contributed by atoms with Gasteiger partial charge in [-0.25, -0.2) is 9.59 Å². The summed E-state index contributed by atoms with van der Waals surface area (Å²) in [6.07, 6.45) is 0. The normalized spacial score (nSPS) is 14.2. The van der Waals surface area contributed by atoms with Crippen LogP contribution in [0.3, 0.4) is 0 Å². The third-order valence-electron chi connectivity index (χ3n) is 2.64. The number of aryl methyl sites for hydroxylation is 2. The zero-order valence-electron chi connectivity index (χ0n) is 8.30. The Morgan fingerprint density at radius 2 is 1.50 bits per heavy atom. The molecule has 0 saturated carbocycles. The summed E-state index contributed by atoms with van der Waals surface area (Å²) in [4.78, 5) is 22.7. The van der Waals surface area contributed by atoms with Gasteiger partial charge in [0.25, 0.3) is 0 Å². The first-order valence-corrected chi connectivity index (χ1v) is 4.39. The zero-order valence-corrected chi connectivity index (χ0v) is 8.30. The molecule has 0 spiro atoms. The predicted octanol–water partition coefficient (Wildman–Crippen LogP) is 1.92. The van der Waals surface area contributed by atoms with Crippen LogP contribution < -0.4 is 0 Å². The van der Waals surface area contributed by atoms with E-state index in [0.717, 1.165) is 16.7 Å². The van der Waals surface area contributed by atoms with E-state index >= 15 is 0 Å². The molecule has 3 nitrogen and oxygen atoms in total. The van der Waals surface area contributed by atoms with Crippen LogP contribution in [0, 0.1) is 20.8 Å². The van der Waals surface area contributed by atoms with Crippen LogP contribution in [0.25, 0.3) is 0 Å². The molecule has 14 heavy (non-hydrogen) atoms. The highest BCUT2D eigenvalue weighted by molar-refractivity contribution is 6.16. The van der Waals surface area contributed by atoms with Crippen molar-refractivity contribution in [3.05, 3.63) is 33.9 Å². The molecule has 2 rings (SSSR count). The minimum atomic E-state index is -0.523. The number of benzene rings is 1. The van der Waals surface area contributed by atoms with Crippen molar-refractivity contribution < 1.29 is 14.3 Å². The van der Waals surface area contributed by atoms with Gasteiger partial charge in [-0.1, -0.05) is 6.07 Å². The predicted molar refractivity (Wildman–Crippen MR) is 50.4 cm³/mol. The first-order valence-electron chi connectivity index (χ1n) is 4.39. The van der Waals surface area contributed by atoms with Gasteiger partial charge < -0.3 is 4.74 Å². The average Bonchev–Trinajstić information content (AvgIpc) is 2.38. The molecule has 0 aliphatic carbocycles. The van der Waals surface area contributed by atoms with E-state index in [1.165, 1.54) is 0 Å². The maximum Gasteiger partial charge on any atom is 0.347 e. The molecule has 0 amide bonds. The van der Waals surface area contributed by atoms with E-state index in [0.29, 0.717) is 11.1 Å². The Balaban J connectivity index is 2.86. The molecule has 0 fully saturated rings. The van der Waals surface area contributed by atoms with Crippen molar-refractivity contribution in [3.8, 4) is 0 Å². The van der Waals surface area contributed by atoms with E-state index in [2.05, 4.69) is 4.74 Å². The van der Waals surface area contributed by atoms with Crippen molar-refractivity contribution in [2.45, 2.75) is 20.8 Å². The molecule has 0 bridgehead atoms. The lowest BCUT2D eigenvalue weighted by Gasteiger charge is -2.05. The Morgan fingerprint density at radius 3 is 2.14 bits per heavy atom. The highest BCUT2D eigenvalue weighted by Gasteiger charge is 2.33. The average molecular weight is 190 g/mol. The van der Waals surface area contributed by atoms with E-state index in [1.807, 2.05) is 26.8 Å². The van der Waals surface area contributed by atoms with Gasteiger partial charge in [-0.2, -0.15) is 0 Å². The quantitative estimate of drug-likeness (QED) is 0.463. The van der Waals surface area contributed by atoms with Crippen LogP contribution in [0.4, 0.5) is 0 Å². The molecule has 1 aliphatic heterocycles. The number of ether oxygens (including phenoxy) is 1. The van der Waals surface area contributed by atoms with Crippen molar-refractivity contribution in [3.63, 3.8) is 0 Å². The summed E-state index contributed by atoms with van der Waals surface area (Å²) in [5, 5.41) is 0. The second kappa shape index (κ2) is 2.67. The Hall–Kier alpha value is -1.64. The lowest BCUT2D eigenvalue weighted by atomic mass is 9.95. The Morgan fingerprint density at radius 1 is 0.929 bits per heavy atom. The van der Waals surface area contributed by atoms with Crippen LogP contribution in [0.15, 0.2) is 6.07 Å². The number of rotatable bonds is 0. The standard InChI is InChI=1S/C11H10O3/c1-5-4-6(2)8-9(7(5)3)11(13)14-10(8)12/h4H,1-3H3. The van der Waals surface area contributed by atoms with Crippen LogP contribution in [0.2, 0.25) is 0 Å². The second-order valence-corrected chi connectivity index (χ2v) is 3.56. The monoisotopic (exact) mass is 190 g/mol. The molecule has 0 saturated heterocycles. The fourth-order valence-electron chi connectivity index (χ4n) is 1.79. The number of cyclic esters (lactones) is 2. The summed E-state index contributed by atoms with van der Waals surface area (Å²) < 4.78 is 4.57. The van der Waals surface area contributed by atoms with Crippen LogP contribution in [-0.4, -0.2) is 11.9 Å². The van der Waals surface area contributed by atoms with Gasteiger partial charge in [0, 0.05) is 0 Å². The molecule has 1 aliphatic rings. The molecular weight excluding hydrogens is 180 g/mol. The van der Waals surface area contributed by atoms with Crippen molar-refractivity contribution >= 4 is 11.9 Å². The van der Waals surface area contributed by atoms with E-state index in [4.69, 9.17) is 0 Å². The third-order valence-corrected chi connectivity index (χ3v) is 2.64. The topological polar surface area (TPSA) is 43.4 Å². The van der Waals surface area contributed by atoms with Crippen molar-refractivity contribution in [2.75, 3.05) is 0 Å². The van der Waals surface area contributed by atoms with E-state index in [-0.39, 0.29) is 0 Å². The fraction of sp³-hybridized carbons (Fsp3) is 0.273. The van der Waals surface area contributed by atoms with Gasteiger partial charge in [0.2, 0.25) is 0 Å². The van der Waals surface area contributed by atoms with Crippen LogP contribution in [0.1, 0.15) is 37.4 Å². The van der Waals surface area contributed by atoms with Gasteiger partial charge in [-0.05, 0) is 37.5 Å². The third kappa shape index (κ3) is 0.985. The van der Waals surface area contributed by atoms with Gasteiger partial charge in [-0.15, -0.1) is 0 Å². The largest absolute Gasteiger partial charge is 0.386 e. The molecule has 1 aromatic carbocycles. The fourth-order valence-corrected chi connectivity index (χ4v) is 1.79. The number of hydrogen-bond acceptors (Lipinski definition) is 3. The summed E-state index contributed by atoms with van der Waals surface area (Å²) in [6.45, 7) is 5.55. The van der Waals surface area contributed by atoms with E-state index in [9.17, 15) is 9.59 Å². The molecule has 72 valence electrons. The van der Waals surface area contributed by atoms with Crippen LogP contribution in [0.5, 0.6) is 0 Å². The highest BCUT2D eigenvalue weighted by Crippen LogP contribution is 2.28. The zero-order chi connectivity index (χ0) is 10.5. The molecule has 0 aromatic heterocycles. The lowest BCUT2D eigenvalue weighted by Crippen LogP contribution is -2.00. The Labute approximate surface area is 81.7 Å². The summed E-state index contributed by atoms with van der Waals surface area (Å²) in [7, 11) is 0. The number of carbonyl (C=O) groups excluding carboxylic acids is 2. The Bertz CT molecular complexity index is 458. The maximum atomic E-state index is 11.4. The first kappa shape index (κ1) is 8.94. The first-order chi connectivity index (χ1) is 6.52. The lowest BCUT2D eigenvalue weighted by molar-refractivity contribution is 0.0443. The summed E-state index contributed by atoms with van der Waals surface area (Å²) in [6, 6.07) is 1.90. The molecule has 1 heterocycles.